The Labute approximate surface area is 186 Å². The fraction of sp³-hybridized carbons (Fsp3) is 0.200. The maximum Gasteiger partial charge on any atom is 0.253 e. The van der Waals surface area contributed by atoms with Crippen LogP contribution in [-0.2, 0) is 13.7 Å². The van der Waals surface area contributed by atoms with Gasteiger partial charge in [-0.2, -0.15) is 5.26 Å². The Hall–Kier alpha value is -4.18. The average Bonchev–Trinajstić information content (AvgIpc) is 3.18. The second-order valence-electron chi connectivity index (χ2n) is 7.86. The Balaban J connectivity index is 1.57. The summed E-state index contributed by atoms with van der Waals surface area (Å²) < 4.78 is 7.89. The molecule has 32 heavy (non-hydrogen) atoms. The van der Waals surface area contributed by atoms with Crippen molar-refractivity contribution in [3.05, 3.63) is 77.2 Å². The standard InChI is InChI=1S/C25H23N5O2/c1-16-10-18(20-12-22-24(21(13-26)28-20)27-15-30(22)4)8-9-23(16)32-14-17-6-5-7-19(11-17)25(31)29(2)3/h5-12,15H,14H2,1-4H3. The van der Waals surface area contributed by atoms with Crippen LogP contribution in [0.25, 0.3) is 22.3 Å². The number of ether oxygens (including phenoxy) is 1. The quantitative estimate of drug-likeness (QED) is 0.481. The van der Waals surface area contributed by atoms with Crippen LogP contribution in [0.5, 0.6) is 5.75 Å². The molecule has 0 aliphatic carbocycles. The minimum Gasteiger partial charge on any atom is -0.489 e. The van der Waals surface area contributed by atoms with E-state index in [0.29, 0.717) is 29.1 Å². The first kappa shape index (κ1) is 21.1. The highest BCUT2D eigenvalue weighted by molar-refractivity contribution is 5.94. The van der Waals surface area contributed by atoms with Crippen molar-refractivity contribution in [1.29, 1.82) is 5.26 Å². The van der Waals surface area contributed by atoms with Gasteiger partial charge in [-0.1, -0.05) is 12.1 Å². The van der Waals surface area contributed by atoms with E-state index in [4.69, 9.17) is 4.74 Å². The van der Waals surface area contributed by atoms with Crippen molar-refractivity contribution >= 4 is 16.9 Å². The molecule has 0 unspecified atom stereocenters. The number of imidazole rings is 1. The molecule has 2 aromatic carbocycles. The highest BCUT2D eigenvalue weighted by atomic mass is 16.5. The number of benzene rings is 2. The van der Waals surface area contributed by atoms with Gasteiger partial charge in [0.2, 0.25) is 0 Å². The number of hydrogen-bond acceptors (Lipinski definition) is 5. The predicted octanol–water partition coefficient (Wildman–Crippen LogP) is 4.10. The van der Waals surface area contributed by atoms with Crippen molar-refractivity contribution in [1.82, 2.24) is 19.4 Å². The van der Waals surface area contributed by atoms with Crippen LogP contribution >= 0.6 is 0 Å². The van der Waals surface area contributed by atoms with Crippen molar-refractivity contribution in [2.45, 2.75) is 13.5 Å². The van der Waals surface area contributed by atoms with Crippen LogP contribution in [0.3, 0.4) is 0 Å². The summed E-state index contributed by atoms with van der Waals surface area (Å²) in [5.41, 5.74) is 5.88. The van der Waals surface area contributed by atoms with Crippen LogP contribution in [0.1, 0.15) is 27.2 Å². The van der Waals surface area contributed by atoms with Crippen molar-refractivity contribution < 1.29 is 9.53 Å². The van der Waals surface area contributed by atoms with Crippen molar-refractivity contribution in [2.75, 3.05) is 14.1 Å². The Bertz CT molecular complexity index is 1360. The fourth-order valence-electron chi connectivity index (χ4n) is 3.54. The number of aryl methyl sites for hydroxylation is 2. The monoisotopic (exact) mass is 425 g/mol. The molecule has 0 atom stereocenters. The van der Waals surface area contributed by atoms with Crippen molar-refractivity contribution in [3.8, 4) is 23.1 Å². The van der Waals surface area contributed by atoms with E-state index in [9.17, 15) is 10.1 Å². The first-order valence-electron chi connectivity index (χ1n) is 10.1. The second-order valence-corrected chi connectivity index (χ2v) is 7.86. The lowest BCUT2D eigenvalue weighted by molar-refractivity contribution is 0.0827. The SMILES string of the molecule is Cc1cc(-c2cc3c(ncn3C)c(C#N)n2)ccc1OCc1cccc(C(=O)N(C)C)c1. The first-order chi connectivity index (χ1) is 15.4. The van der Waals surface area contributed by atoms with Gasteiger partial charge in [-0.05, 0) is 54.4 Å². The average molecular weight is 425 g/mol. The van der Waals surface area contributed by atoms with E-state index < -0.39 is 0 Å². The summed E-state index contributed by atoms with van der Waals surface area (Å²) in [5.74, 6) is 0.710. The molecule has 0 spiro atoms. The number of amides is 1. The Morgan fingerprint density at radius 3 is 2.72 bits per heavy atom. The van der Waals surface area contributed by atoms with Gasteiger partial charge in [0.25, 0.3) is 5.91 Å². The number of carbonyl (C=O) groups is 1. The first-order valence-corrected chi connectivity index (χ1v) is 10.1. The van der Waals surface area contributed by atoms with E-state index in [2.05, 4.69) is 16.0 Å². The number of fused-ring (bicyclic) bond motifs is 1. The van der Waals surface area contributed by atoms with Crippen LogP contribution < -0.4 is 4.74 Å². The molecule has 0 bridgehead atoms. The van der Waals surface area contributed by atoms with E-state index in [0.717, 1.165) is 28.0 Å². The lowest BCUT2D eigenvalue weighted by Crippen LogP contribution is -2.21. The van der Waals surface area contributed by atoms with Gasteiger partial charge in [-0.3, -0.25) is 4.79 Å². The van der Waals surface area contributed by atoms with Crippen molar-refractivity contribution in [3.63, 3.8) is 0 Å². The minimum atomic E-state index is -0.0398. The molecule has 7 nitrogen and oxygen atoms in total. The third-order valence-electron chi connectivity index (χ3n) is 5.26. The largest absolute Gasteiger partial charge is 0.489 e. The number of nitrogens with zero attached hydrogens (tertiary/aromatic N) is 5. The number of aromatic nitrogens is 3. The van der Waals surface area contributed by atoms with E-state index in [1.807, 2.05) is 61.0 Å². The van der Waals surface area contributed by atoms with E-state index >= 15 is 0 Å². The van der Waals surface area contributed by atoms with E-state index in [1.165, 1.54) is 0 Å². The summed E-state index contributed by atoms with van der Waals surface area (Å²) in [7, 11) is 5.36. The summed E-state index contributed by atoms with van der Waals surface area (Å²) in [6, 6.07) is 17.3. The van der Waals surface area contributed by atoms with Gasteiger partial charge >= 0.3 is 0 Å². The van der Waals surface area contributed by atoms with Crippen LogP contribution in [0.2, 0.25) is 0 Å². The highest BCUT2D eigenvalue weighted by Gasteiger charge is 2.13. The molecular formula is C25H23N5O2. The van der Waals surface area contributed by atoms with Gasteiger partial charge in [0.05, 0.1) is 17.5 Å². The molecule has 2 aromatic heterocycles. The molecule has 0 radical (unpaired) electrons. The lowest BCUT2D eigenvalue weighted by Gasteiger charge is -2.13. The summed E-state index contributed by atoms with van der Waals surface area (Å²) in [6.07, 6.45) is 1.68. The van der Waals surface area contributed by atoms with Gasteiger partial charge < -0.3 is 14.2 Å². The molecule has 0 aliphatic heterocycles. The number of pyridine rings is 1. The molecular weight excluding hydrogens is 402 g/mol. The predicted molar refractivity (Wildman–Crippen MR) is 122 cm³/mol. The zero-order valence-electron chi connectivity index (χ0n) is 18.5. The number of nitriles is 1. The third kappa shape index (κ3) is 4.03. The molecule has 4 aromatic rings. The van der Waals surface area contributed by atoms with E-state index in [1.54, 1.807) is 31.4 Å². The highest BCUT2D eigenvalue weighted by Crippen LogP contribution is 2.28. The molecule has 0 fully saturated rings. The van der Waals surface area contributed by atoms with Gasteiger partial charge in [0, 0.05) is 32.3 Å². The molecule has 4 rings (SSSR count). The minimum absolute atomic E-state index is 0.0398. The number of rotatable bonds is 5. The van der Waals surface area contributed by atoms with Crippen LogP contribution in [0.15, 0.2) is 54.9 Å². The maximum absolute atomic E-state index is 12.2. The topological polar surface area (TPSA) is 84.0 Å². The third-order valence-corrected chi connectivity index (χ3v) is 5.26. The molecule has 0 saturated heterocycles. The van der Waals surface area contributed by atoms with Crippen molar-refractivity contribution in [2.24, 2.45) is 7.05 Å². The Kier molecular flexibility index (Phi) is 5.61. The summed E-state index contributed by atoms with van der Waals surface area (Å²) in [5, 5.41) is 9.47. The second kappa shape index (κ2) is 8.52. The molecule has 160 valence electrons. The van der Waals surface area contributed by atoms with Gasteiger partial charge in [0.15, 0.2) is 5.69 Å². The number of hydrogen-bond donors (Lipinski definition) is 0. The zero-order valence-corrected chi connectivity index (χ0v) is 18.5. The molecule has 1 amide bonds. The summed E-state index contributed by atoms with van der Waals surface area (Å²) >= 11 is 0. The normalized spacial score (nSPS) is 10.7. The maximum atomic E-state index is 12.2. The molecule has 7 heteroatoms. The fourth-order valence-corrected chi connectivity index (χ4v) is 3.54. The zero-order chi connectivity index (χ0) is 22.8. The van der Waals surface area contributed by atoms with Crippen LogP contribution in [0.4, 0.5) is 0 Å². The van der Waals surface area contributed by atoms with Crippen LogP contribution in [-0.4, -0.2) is 39.4 Å². The lowest BCUT2D eigenvalue weighted by atomic mass is 10.1. The molecule has 0 saturated carbocycles. The summed E-state index contributed by atoms with van der Waals surface area (Å²) in [4.78, 5) is 22.5. The van der Waals surface area contributed by atoms with E-state index in [-0.39, 0.29) is 5.91 Å². The smallest absolute Gasteiger partial charge is 0.253 e. The number of carbonyl (C=O) groups excluding carboxylic acids is 1. The Morgan fingerprint density at radius 2 is 2.00 bits per heavy atom. The molecule has 2 heterocycles. The van der Waals surface area contributed by atoms with Gasteiger partial charge in [-0.15, -0.1) is 0 Å². The Morgan fingerprint density at radius 1 is 1.19 bits per heavy atom. The molecule has 0 N–H and O–H groups in total. The van der Waals surface area contributed by atoms with Crippen LogP contribution in [0, 0.1) is 18.3 Å². The van der Waals surface area contributed by atoms with Gasteiger partial charge in [-0.25, -0.2) is 9.97 Å². The summed E-state index contributed by atoms with van der Waals surface area (Å²) in [6.45, 7) is 2.32. The molecule has 0 aliphatic rings. The van der Waals surface area contributed by atoms with Gasteiger partial charge in [0.1, 0.15) is 23.9 Å².